The second-order valence-electron chi connectivity index (χ2n) is 5.59. The minimum absolute atomic E-state index is 0.260. The molecule has 1 aromatic carbocycles. The number of carboxylic acids is 1. The van der Waals surface area contributed by atoms with Crippen molar-refractivity contribution in [1.82, 2.24) is 0 Å². The molecule has 0 unspecified atom stereocenters. The summed E-state index contributed by atoms with van der Waals surface area (Å²) in [7, 11) is 0. The maximum absolute atomic E-state index is 11.8. The number of nitriles is 1. The lowest BCUT2D eigenvalue weighted by Gasteiger charge is -2.16. The first-order valence-corrected chi connectivity index (χ1v) is 6.40. The van der Waals surface area contributed by atoms with Gasteiger partial charge in [0.15, 0.2) is 0 Å². The molecule has 0 saturated heterocycles. The number of hydrogen-bond donors (Lipinski definition) is 2. The number of nitrogens with one attached hydrogen (secondary N) is 1. The number of carbonyl (C=O) groups is 2. The molecule has 1 fully saturated rings. The van der Waals surface area contributed by atoms with E-state index in [9.17, 15) is 9.59 Å². The van der Waals surface area contributed by atoms with Crippen molar-refractivity contribution in [2.24, 2.45) is 11.8 Å². The van der Waals surface area contributed by atoms with Gasteiger partial charge in [-0.1, -0.05) is 12.1 Å². The lowest BCUT2D eigenvalue weighted by Crippen LogP contribution is -2.17. The Morgan fingerprint density at radius 3 is 2.35 bits per heavy atom. The van der Waals surface area contributed by atoms with Gasteiger partial charge in [0.2, 0.25) is 5.91 Å². The molecule has 2 atom stereocenters. The Hall–Kier alpha value is -2.35. The Morgan fingerprint density at radius 1 is 1.30 bits per heavy atom. The Morgan fingerprint density at radius 2 is 1.90 bits per heavy atom. The van der Waals surface area contributed by atoms with Crippen molar-refractivity contribution in [3.05, 3.63) is 29.8 Å². The molecule has 104 valence electrons. The normalized spacial score (nSPS) is 20.9. The Kier molecular flexibility index (Phi) is 3.49. The van der Waals surface area contributed by atoms with E-state index in [-0.39, 0.29) is 5.91 Å². The van der Waals surface area contributed by atoms with Crippen molar-refractivity contribution in [3.8, 4) is 6.07 Å². The number of carbonyl (C=O) groups excluding carboxylic acids is 1. The molecule has 1 aliphatic carbocycles. The van der Waals surface area contributed by atoms with Crippen LogP contribution in [0.1, 0.15) is 25.8 Å². The molecule has 0 aliphatic heterocycles. The number of benzene rings is 1. The molecule has 0 spiro atoms. The Labute approximate surface area is 117 Å². The van der Waals surface area contributed by atoms with Gasteiger partial charge in [-0.15, -0.1) is 0 Å². The van der Waals surface area contributed by atoms with Crippen LogP contribution in [-0.2, 0) is 15.0 Å². The number of anilines is 1. The smallest absolute Gasteiger partial charge is 0.307 e. The van der Waals surface area contributed by atoms with Crippen molar-refractivity contribution >= 4 is 17.6 Å². The maximum atomic E-state index is 11.8. The predicted octanol–water partition coefficient (Wildman–Crippen LogP) is 2.15. The molecule has 0 heterocycles. The summed E-state index contributed by atoms with van der Waals surface area (Å²) in [5.74, 6) is -2.16. The minimum Gasteiger partial charge on any atom is -0.481 e. The third-order valence-corrected chi connectivity index (χ3v) is 3.60. The van der Waals surface area contributed by atoms with Crippen LogP contribution in [0.3, 0.4) is 0 Å². The van der Waals surface area contributed by atoms with Crippen LogP contribution in [0, 0.1) is 23.2 Å². The summed E-state index contributed by atoms with van der Waals surface area (Å²) in [6.07, 6.45) is 0.403. The monoisotopic (exact) mass is 272 g/mol. The van der Waals surface area contributed by atoms with Crippen molar-refractivity contribution in [2.75, 3.05) is 5.32 Å². The van der Waals surface area contributed by atoms with Crippen LogP contribution in [0.5, 0.6) is 0 Å². The highest BCUT2D eigenvalue weighted by molar-refractivity contribution is 5.98. The molecular weight excluding hydrogens is 256 g/mol. The quantitative estimate of drug-likeness (QED) is 0.878. The summed E-state index contributed by atoms with van der Waals surface area (Å²) in [5, 5.41) is 20.5. The summed E-state index contributed by atoms with van der Waals surface area (Å²) in [4.78, 5) is 22.5. The van der Waals surface area contributed by atoms with Crippen molar-refractivity contribution in [3.63, 3.8) is 0 Å². The lowest BCUT2D eigenvalue weighted by atomic mass is 9.86. The standard InChI is InChI=1S/C15H16N2O3/c1-15(2,8-16)9-3-5-10(6-4-9)17-13(18)11-7-12(11)14(19)20/h3-6,11-12H,7H2,1-2H3,(H,17,18)(H,19,20)/t11-,12+/m1/s1. The van der Waals surface area contributed by atoms with Gasteiger partial charge >= 0.3 is 5.97 Å². The minimum atomic E-state index is -0.920. The van der Waals surface area contributed by atoms with Crippen LogP contribution in [0.2, 0.25) is 0 Å². The van der Waals surface area contributed by atoms with Gasteiger partial charge in [-0.3, -0.25) is 9.59 Å². The van der Waals surface area contributed by atoms with Gasteiger partial charge in [-0.2, -0.15) is 5.26 Å². The summed E-state index contributed by atoms with van der Waals surface area (Å²) in [5.41, 5.74) is 0.907. The van der Waals surface area contributed by atoms with Crippen LogP contribution in [0.25, 0.3) is 0 Å². The molecule has 2 N–H and O–H groups in total. The number of rotatable bonds is 4. The highest BCUT2D eigenvalue weighted by Gasteiger charge is 2.48. The molecule has 0 aromatic heterocycles. The van der Waals surface area contributed by atoms with E-state index in [0.29, 0.717) is 12.1 Å². The topological polar surface area (TPSA) is 90.2 Å². The summed E-state index contributed by atoms with van der Waals surface area (Å²) in [6.45, 7) is 3.64. The summed E-state index contributed by atoms with van der Waals surface area (Å²) < 4.78 is 0. The zero-order chi connectivity index (χ0) is 14.9. The van der Waals surface area contributed by atoms with Gasteiger partial charge in [0.1, 0.15) is 0 Å². The van der Waals surface area contributed by atoms with E-state index in [4.69, 9.17) is 10.4 Å². The van der Waals surface area contributed by atoms with Crippen LogP contribution in [-0.4, -0.2) is 17.0 Å². The van der Waals surface area contributed by atoms with Crippen LogP contribution in [0.15, 0.2) is 24.3 Å². The van der Waals surface area contributed by atoms with Gasteiger partial charge < -0.3 is 10.4 Å². The first-order valence-electron chi connectivity index (χ1n) is 6.40. The molecule has 1 aliphatic rings. The molecule has 0 radical (unpaired) electrons. The highest BCUT2D eigenvalue weighted by Crippen LogP contribution is 2.39. The van der Waals surface area contributed by atoms with E-state index in [0.717, 1.165) is 5.56 Å². The van der Waals surface area contributed by atoms with Crippen LogP contribution < -0.4 is 5.32 Å². The third-order valence-electron chi connectivity index (χ3n) is 3.60. The number of aliphatic carboxylic acids is 1. The van der Waals surface area contributed by atoms with Gasteiger partial charge in [-0.25, -0.2) is 0 Å². The highest BCUT2D eigenvalue weighted by atomic mass is 16.4. The first kappa shape index (κ1) is 14.1. The SMILES string of the molecule is CC(C)(C#N)c1ccc(NC(=O)[C@@H]2C[C@@H]2C(=O)O)cc1. The third kappa shape index (κ3) is 2.80. The molecule has 5 nitrogen and oxygen atoms in total. The number of nitrogens with zero attached hydrogens (tertiary/aromatic N) is 1. The second-order valence-corrected chi connectivity index (χ2v) is 5.59. The number of hydrogen-bond acceptors (Lipinski definition) is 3. The van der Waals surface area contributed by atoms with Crippen molar-refractivity contribution < 1.29 is 14.7 Å². The lowest BCUT2D eigenvalue weighted by molar-refractivity contribution is -0.139. The average Bonchev–Trinajstić information content (AvgIpc) is 3.20. The van der Waals surface area contributed by atoms with Crippen molar-refractivity contribution in [1.29, 1.82) is 5.26 Å². The van der Waals surface area contributed by atoms with E-state index in [1.54, 1.807) is 24.3 Å². The van der Waals surface area contributed by atoms with Crippen LogP contribution in [0.4, 0.5) is 5.69 Å². The van der Waals surface area contributed by atoms with E-state index in [1.807, 2.05) is 13.8 Å². The zero-order valence-electron chi connectivity index (χ0n) is 11.4. The zero-order valence-corrected chi connectivity index (χ0v) is 11.4. The Balaban J connectivity index is 2.00. The summed E-state index contributed by atoms with van der Waals surface area (Å²) >= 11 is 0. The molecule has 0 bridgehead atoms. The van der Waals surface area contributed by atoms with E-state index in [1.165, 1.54) is 0 Å². The van der Waals surface area contributed by atoms with Gasteiger partial charge in [0.05, 0.1) is 23.3 Å². The van der Waals surface area contributed by atoms with E-state index in [2.05, 4.69) is 11.4 Å². The molecule has 5 heteroatoms. The van der Waals surface area contributed by atoms with Crippen molar-refractivity contribution in [2.45, 2.75) is 25.7 Å². The van der Waals surface area contributed by atoms with Gasteiger partial charge in [0.25, 0.3) is 0 Å². The largest absolute Gasteiger partial charge is 0.481 e. The van der Waals surface area contributed by atoms with Crippen LogP contribution >= 0.6 is 0 Å². The Bertz CT molecular complexity index is 584. The molecule has 1 aromatic rings. The van der Waals surface area contributed by atoms with Gasteiger partial charge in [0, 0.05) is 5.69 Å². The predicted molar refractivity (Wildman–Crippen MR) is 72.9 cm³/mol. The number of carboxylic acid groups (broad SMARTS) is 1. The molecule has 2 rings (SSSR count). The molecule has 20 heavy (non-hydrogen) atoms. The second kappa shape index (κ2) is 4.97. The molecule has 1 amide bonds. The van der Waals surface area contributed by atoms with Gasteiger partial charge in [-0.05, 0) is 38.0 Å². The first-order chi connectivity index (χ1) is 9.35. The fraction of sp³-hybridized carbons (Fsp3) is 0.400. The van der Waals surface area contributed by atoms with E-state index < -0.39 is 23.2 Å². The summed E-state index contributed by atoms with van der Waals surface area (Å²) in [6, 6.07) is 9.25. The van der Waals surface area contributed by atoms with E-state index >= 15 is 0 Å². The molecular formula is C15H16N2O3. The average molecular weight is 272 g/mol. The fourth-order valence-corrected chi connectivity index (χ4v) is 2.03. The number of amides is 1. The fourth-order valence-electron chi connectivity index (χ4n) is 2.03. The molecule has 1 saturated carbocycles. The maximum Gasteiger partial charge on any atom is 0.307 e.